The van der Waals surface area contributed by atoms with Crippen LogP contribution < -0.4 is 15.9 Å². The van der Waals surface area contributed by atoms with Gasteiger partial charge in [-0.15, -0.1) is 0 Å². The predicted octanol–water partition coefficient (Wildman–Crippen LogP) is 4.59. The Hall–Kier alpha value is -2.83. The highest BCUT2D eigenvalue weighted by Crippen LogP contribution is 2.45. The number of benzene rings is 3. The Kier molecular flexibility index (Phi) is 4.13. The Morgan fingerprint density at radius 1 is 0.600 bits per heavy atom. The lowest BCUT2D eigenvalue weighted by molar-refractivity contribution is 0.581. The maximum atomic E-state index is 14.5. The monoisotopic (exact) mass is 344 g/mol. The summed E-state index contributed by atoms with van der Waals surface area (Å²) in [5.41, 5.74) is 0.864. The van der Waals surface area contributed by atoms with E-state index in [4.69, 9.17) is 4.42 Å². The molecule has 4 aromatic rings. The van der Waals surface area contributed by atoms with E-state index in [2.05, 4.69) is 0 Å². The summed E-state index contributed by atoms with van der Waals surface area (Å²) < 4.78 is 20.1. The minimum atomic E-state index is -3.02. The van der Waals surface area contributed by atoms with Gasteiger partial charge in [-0.1, -0.05) is 84.9 Å². The van der Waals surface area contributed by atoms with Gasteiger partial charge in [0.2, 0.25) is 0 Å². The summed E-state index contributed by atoms with van der Waals surface area (Å²) in [7, 11) is -3.02. The molecule has 0 spiro atoms. The Labute approximate surface area is 147 Å². The molecular formula is C22H17O2P. The smallest absolute Gasteiger partial charge is 0.171 e. The first-order chi connectivity index (χ1) is 12.3. The first kappa shape index (κ1) is 15.7. The minimum Gasteiger partial charge on any atom is -0.464 e. The van der Waals surface area contributed by atoms with Gasteiger partial charge in [0.1, 0.15) is 5.76 Å². The first-order valence-electron chi connectivity index (χ1n) is 8.15. The SMILES string of the molecule is O=P(c1ccccc1)(c1ccccc1)c1ccccc1-c1ccco1. The van der Waals surface area contributed by atoms with Crippen LogP contribution in [0.4, 0.5) is 0 Å². The van der Waals surface area contributed by atoms with Gasteiger partial charge in [-0.25, -0.2) is 0 Å². The highest BCUT2D eigenvalue weighted by molar-refractivity contribution is 7.85. The zero-order valence-corrected chi connectivity index (χ0v) is 14.5. The van der Waals surface area contributed by atoms with Crippen LogP contribution in [0.2, 0.25) is 0 Å². The lowest BCUT2D eigenvalue weighted by Gasteiger charge is -2.22. The van der Waals surface area contributed by atoms with Crippen LogP contribution in [0.15, 0.2) is 108 Å². The van der Waals surface area contributed by atoms with E-state index in [0.29, 0.717) is 0 Å². The fourth-order valence-electron chi connectivity index (χ4n) is 3.09. The summed E-state index contributed by atoms with van der Waals surface area (Å²) >= 11 is 0. The number of hydrogen-bond donors (Lipinski definition) is 0. The van der Waals surface area contributed by atoms with Crippen molar-refractivity contribution in [1.29, 1.82) is 0 Å². The van der Waals surface area contributed by atoms with Crippen molar-refractivity contribution in [3.8, 4) is 11.3 Å². The summed E-state index contributed by atoms with van der Waals surface area (Å²) in [6, 6.07) is 30.9. The molecule has 2 nitrogen and oxygen atoms in total. The van der Waals surface area contributed by atoms with Gasteiger partial charge in [-0.05, 0) is 12.1 Å². The van der Waals surface area contributed by atoms with E-state index >= 15 is 0 Å². The molecule has 0 atom stereocenters. The molecule has 0 bridgehead atoms. The van der Waals surface area contributed by atoms with E-state index in [9.17, 15) is 4.57 Å². The average molecular weight is 344 g/mol. The van der Waals surface area contributed by atoms with Gasteiger partial charge in [0.05, 0.1) is 6.26 Å². The van der Waals surface area contributed by atoms with Gasteiger partial charge in [-0.3, -0.25) is 0 Å². The normalized spacial score (nSPS) is 11.4. The molecule has 0 aliphatic heterocycles. The molecule has 25 heavy (non-hydrogen) atoms. The molecule has 1 aromatic heterocycles. The number of rotatable bonds is 4. The van der Waals surface area contributed by atoms with Crippen LogP contribution in [0.25, 0.3) is 11.3 Å². The third-order valence-electron chi connectivity index (χ3n) is 4.27. The molecule has 0 fully saturated rings. The largest absolute Gasteiger partial charge is 0.464 e. The van der Waals surface area contributed by atoms with E-state index in [1.165, 1.54) is 0 Å². The Morgan fingerprint density at radius 2 is 1.16 bits per heavy atom. The lowest BCUT2D eigenvalue weighted by atomic mass is 10.2. The fraction of sp³-hybridized carbons (Fsp3) is 0. The summed E-state index contributed by atoms with van der Waals surface area (Å²) in [6.07, 6.45) is 1.64. The van der Waals surface area contributed by atoms with Gasteiger partial charge in [0.15, 0.2) is 7.14 Å². The van der Waals surface area contributed by atoms with Gasteiger partial charge in [-0.2, -0.15) is 0 Å². The highest BCUT2D eigenvalue weighted by Gasteiger charge is 2.32. The molecule has 0 unspecified atom stereocenters. The zero-order valence-electron chi connectivity index (χ0n) is 13.6. The van der Waals surface area contributed by atoms with Gasteiger partial charge >= 0.3 is 0 Å². The quantitative estimate of drug-likeness (QED) is 0.507. The molecule has 3 heteroatoms. The predicted molar refractivity (Wildman–Crippen MR) is 104 cm³/mol. The first-order valence-corrected chi connectivity index (χ1v) is 9.85. The van der Waals surface area contributed by atoms with E-state index in [0.717, 1.165) is 27.2 Å². The van der Waals surface area contributed by atoms with Crippen LogP contribution in [0.1, 0.15) is 0 Å². The topological polar surface area (TPSA) is 30.2 Å². The van der Waals surface area contributed by atoms with Crippen molar-refractivity contribution in [2.75, 3.05) is 0 Å². The van der Waals surface area contributed by atoms with Gasteiger partial charge < -0.3 is 8.98 Å². The minimum absolute atomic E-state index is 0.725. The van der Waals surface area contributed by atoms with E-state index in [1.807, 2.05) is 97.1 Å². The van der Waals surface area contributed by atoms with E-state index in [-0.39, 0.29) is 0 Å². The summed E-state index contributed by atoms with van der Waals surface area (Å²) in [5, 5.41) is 2.43. The summed E-state index contributed by atoms with van der Waals surface area (Å²) in [5.74, 6) is 0.725. The van der Waals surface area contributed by atoms with Gasteiger partial charge in [0.25, 0.3) is 0 Å². The zero-order chi connectivity index (χ0) is 17.1. The van der Waals surface area contributed by atoms with Crippen LogP contribution >= 0.6 is 7.14 Å². The van der Waals surface area contributed by atoms with Gasteiger partial charge in [0, 0.05) is 21.5 Å². The van der Waals surface area contributed by atoms with Crippen molar-refractivity contribution in [2.45, 2.75) is 0 Å². The van der Waals surface area contributed by atoms with Crippen molar-refractivity contribution >= 4 is 23.1 Å². The van der Waals surface area contributed by atoms with Crippen molar-refractivity contribution in [3.05, 3.63) is 103 Å². The Balaban J connectivity index is 2.03. The van der Waals surface area contributed by atoms with E-state index in [1.54, 1.807) is 6.26 Å². The second-order valence-corrected chi connectivity index (χ2v) is 8.51. The van der Waals surface area contributed by atoms with Crippen molar-refractivity contribution in [1.82, 2.24) is 0 Å². The maximum Gasteiger partial charge on any atom is 0.171 e. The molecule has 122 valence electrons. The van der Waals surface area contributed by atoms with Crippen LogP contribution in [0.5, 0.6) is 0 Å². The Morgan fingerprint density at radius 3 is 1.72 bits per heavy atom. The molecule has 1 heterocycles. The molecule has 0 saturated heterocycles. The molecule has 0 amide bonds. The molecule has 3 aromatic carbocycles. The second kappa shape index (κ2) is 6.58. The van der Waals surface area contributed by atoms with Crippen molar-refractivity contribution in [3.63, 3.8) is 0 Å². The fourth-order valence-corrected chi connectivity index (χ4v) is 5.95. The Bertz CT molecular complexity index is 963. The summed E-state index contributed by atoms with van der Waals surface area (Å²) in [6.45, 7) is 0. The van der Waals surface area contributed by atoms with Crippen molar-refractivity contribution in [2.24, 2.45) is 0 Å². The average Bonchev–Trinajstić information content (AvgIpc) is 3.23. The van der Waals surface area contributed by atoms with Crippen LogP contribution in [-0.2, 0) is 4.57 Å². The van der Waals surface area contributed by atoms with E-state index < -0.39 is 7.14 Å². The van der Waals surface area contributed by atoms with Crippen LogP contribution in [0, 0.1) is 0 Å². The maximum absolute atomic E-state index is 14.5. The molecule has 0 aliphatic carbocycles. The molecule has 0 saturated carbocycles. The third kappa shape index (κ3) is 2.75. The summed E-state index contributed by atoms with van der Waals surface area (Å²) in [4.78, 5) is 0. The number of furan rings is 1. The molecule has 4 rings (SSSR count). The molecular weight excluding hydrogens is 327 g/mol. The lowest BCUT2D eigenvalue weighted by Crippen LogP contribution is -2.26. The molecule has 0 radical (unpaired) electrons. The van der Waals surface area contributed by atoms with Crippen LogP contribution in [-0.4, -0.2) is 0 Å². The number of hydrogen-bond acceptors (Lipinski definition) is 2. The van der Waals surface area contributed by atoms with Crippen molar-refractivity contribution < 1.29 is 8.98 Å². The molecule has 0 N–H and O–H groups in total. The molecule has 0 aliphatic rings. The highest BCUT2D eigenvalue weighted by atomic mass is 31.2. The second-order valence-electron chi connectivity index (χ2n) is 5.77. The van der Waals surface area contributed by atoms with Crippen LogP contribution in [0.3, 0.4) is 0 Å². The standard InChI is InChI=1S/C22H17O2P/c23-25(18-10-3-1-4-11-18,19-12-5-2-6-13-19)22-16-8-7-14-20(22)21-15-9-17-24-21/h1-17H. The third-order valence-corrected chi connectivity index (χ3v) is 7.39.